The maximum Gasteiger partial charge on any atom is 4.00 e. The number of hydrogen-bond acceptors (Lipinski definition) is 18. The van der Waals surface area contributed by atoms with E-state index in [1.807, 2.05) is 0 Å². The summed E-state index contributed by atoms with van der Waals surface area (Å²) >= 11 is 0. The molecule has 0 aliphatic carbocycles. The molecule has 144 valence electrons. The Labute approximate surface area is 171 Å². The van der Waals surface area contributed by atoms with E-state index in [2.05, 4.69) is 0 Å². The third-order valence-corrected chi connectivity index (χ3v) is 0. The zero-order chi connectivity index (χ0) is 21.5. The predicted octanol–water partition coefficient (Wildman–Crippen LogP) is -1.82. The molecule has 0 bridgehead atoms. The molecule has 0 aromatic rings. The minimum Gasteiger partial charge on any atom is -0.356 e. The normalized spacial score (nSPS) is 5.54. The maximum atomic E-state index is 8.25. The van der Waals surface area contributed by atoms with E-state index in [0.717, 1.165) is 0 Å². The van der Waals surface area contributed by atoms with Crippen LogP contribution in [0, 0.1) is 91.9 Å². The largest absolute Gasteiger partial charge is 4.00 e. The van der Waals surface area contributed by atoms with E-state index < -0.39 is 30.5 Å². The Morgan fingerprint density at radius 2 is 0.308 bits per heavy atom. The van der Waals surface area contributed by atoms with Crippen LogP contribution in [0.2, 0.25) is 0 Å². The fraction of sp³-hybridized carbons (Fsp3) is 0. The Balaban J connectivity index is -0.0000000245. The second kappa shape index (κ2) is 43.1. The third kappa shape index (κ3) is 828. The van der Waals surface area contributed by atoms with Crippen molar-refractivity contribution in [3.63, 3.8) is 0 Å². The van der Waals surface area contributed by atoms with E-state index in [0.29, 0.717) is 0 Å². The first kappa shape index (κ1) is 49.5. The van der Waals surface area contributed by atoms with Crippen LogP contribution < -0.4 is 0 Å². The summed E-state index contributed by atoms with van der Waals surface area (Å²) in [5.41, 5.74) is 0. The van der Waals surface area contributed by atoms with Crippen molar-refractivity contribution in [3.8, 4) is 0 Å². The van der Waals surface area contributed by atoms with Crippen LogP contribution in [-0.4, -0.2) is 53.6 Å². The first-order chi connectivity index (χ1) is 10.4. The topological polar surface area (TPSA) is 397 Å². The molecule has 0 aromatic carbocycles. The molecule has 0 saturated carbocycles. The number of hydrogen-bond donors (Lipinski definition) is 0. The van der Waals surface area contributed by atoms with Crippen LogP contribution in [0.4, 0.5) is 0 Å². The van der Waals surface area contributed by atoms with Crippen LogP contribution in [0.15, 0.2) is 0 Å². The van der Waals surface area contributed by atoms with Gasteiger partial charge in [0.15, 0.2) is 0 Å². The quantitative estimate of drug-likeness (QED) is 0.206. The van der Waals surface area contributed by atoms with Crippen molar-refractivity contribution in [1.29, 1.82) is 0 Å². The first-order valence-corrected chi connectivity index (χ1v) is 3.29. The second-order valence-electron chi connectivity index (χ2n) is 1.34. The molecule has 0 aliphatic rings. The molecule has 0 radical (unpaired) electrons. The number of nitrogens with zero attached hydrogens (tertiary/aromatic N) is 6. The van der Waals surface area contributed by atoms with Crippen molar-refractivity contribution in [2.75, 3.05) is 0 Å². The molecule has 0 rings (SSSR count). The second-order valence-corrected chi connectivity index (χ2v) is 1.34. The summed E-state index contributed by atoms with van der Waals surface area (Å²) in [6.07, 6.45) is 0. The van der Waals surface area contributed by atoms with E-state index in [4.69, 9.17) is 91.9 Å². The molecule has 0 heterocycles. The van der Waals surface area contributed by atoms with Gasteiger partial charge in [0.2, 0.25) is 0 Å². The van der Waals surface area contributed by atoms with Gasteiger partial charge in [0.05, 0.1) is 30.5 Å². The summed E-state index contributed by atoms with van der Waals surface area (Å²) in [5, 5.41) is 88.5. The first-order valence-electron chi connectivity index (χ1n) is 3.29. The van der Waals surface area contributed by atoms with Crippen LogP contribution in [0.5, 0.6) is 0 Å². The van der Waals surface area contributed by atoms with Gasteiger partial charge in [-0.05, 0) is 0 Å². The fourth-order valence-electron chi connectivity index (χ4n) is 0. The molecular formula is MgN6O18Zr. The zero-order valence-electron chi connectivity index (χ0n) is 11.2. The Morgan fingerprint density at radius 3 is 0.308 bits per heavy atom. The van der Waals surface area contributed by atoms with Gasteiger partial charge < -0.3 is 91.9 Å². The molecule has 26 heteroatoms. The van der Waals surface area contributed by atoms with Gasteiger partial charge in [0, 0.05) is 0 Å². The molecule has 0 saturated heterocycles. The minimum atomic E-state index is -1.75. The summed E-state index contributed by atoms with van der Waals surface area (Å²) in [6.45, 7) is 0. The van der Waals surface area contributed by atoms with E-state index in [-0.39, 0.29) is 49.3 Å². The number of rotatable bonds is 0. The monoisotopic (exact) mass is 486 g/mol. The van der Waals surface area contributed by atoms with Gasteiger partial charge in [-0.1, -0.05) is 0 Å². The summed E-state index contributed by atoms with van der Waals surface area (Å²) in [4.78, 5) is 49.5. The van der Waals surface area contributed by atoms with Gasteiger partial charge >= 0.3 is 49.3 Å². The molecule has 0 N–H and O–H groups in total. The van der Waals surface area contributed by atoms with Crippen LogP contribution in [0.1, 0.15) is 0 Å². The van der Waals surface area contributed by atoms with Crippen LogP contribution in [0.25, 0.3) is 0 Å². The molecule has 0 aliphatic heterocycles. The van der Waals surface area contributed by atoms with Crippen molar-refractivity contribution in [2.45, 2.75) is 0 Å². The zero-order valence-corrected chi connectivity index (χ0v) is 15.1. The smallest absolute Gasteiger partial charge is 0.356 e. The molecule has 0 aromatic heterocycles. The molecule has 0 unspecified atom stereocenters. The van der Waals surface area contributed by atoms with Crippen molar-refractivity contribution in [3.05, 3.63) is 91.9 Å². The molecule has 26 heavy (non-hydrogen) atoms. The molecular weight excluding hydrogens is 488 g/mol. The average molecular weight is 488 g/mol. The summed E-state index contributed by atoms with van der Waals surface area (Å²) < 4.78 is 0. The maximum absolute atomic E-state index is 8.25. The van der Waals surface area contributed by atoms with Crippen LogP contribution in [-0.2, 0) is 26.2 Å². The van der Waals surface area contributed by atoms with Gasteiger partial charge in [0.25, 0.3) is 0 Å². The molecule has 0 atom stereocenters. The minimum absolute atomic E-state index is 0. The van der Waals surface area contributed by atoms with Crippen molar-refractivity contribution in [2.24, 2.45) is 0 Å². The Bertz CT molecular complexity index is 263. The van der Waals surface area contributed by atoms with Crippen molar-refractivity contribution >= 4 is 23.1 Å². The van der Waals surface area contributed by atoms with Gasteiger partial charge in [-0.3, -0.25) is 0 Å². The van der Waals surface area contributed by atoms with Gasteiger partial charge in [0.1, 0.15) is 0 Å². The van der Waals surface area contributed by atoms with E-state index in [9.17, 15) is 0 Å². The molecule has 0 fully saturated rings. The fourth-order valence-corrected chi connectivity index (χ4v) is 0. The van der Waals surface area contributed by atoms with Crippen molar-refractivity contribution in [1.82, 2.24) is 0 Å². The average Bonchev–Trinajstić information content (AvgIpc) is 2.08. The van der Waals surface area contributed by atoms with Gasteiger partial charge in [-0.25, -0.2) is 0 Å². The van der Waals surface area contributed by atoms with E-state index in [1.165, 1.54) is 0 Å². The Hall–Kier alpha value is -3.15. The van der Waals surface area contributed by atoms with E-state index >= 15 is 0 Å². The Morgan fingerprint density at radius 1 is 0.308 bits per heavy atom. The third-order valence-electron chi connectivity index (χ3n) is 0. The van der Waals surface area contributed by atoms with Gasteiger partial charge in [-0.2, -0.15) is 0 Å². The Kier molecular flexibility index (Phi) is 82.0. The van der Waals surface area contributed by atoms with Gasteiger partial charge in [-0.15, -0.1) is 0 Å². The molecule has 24 nitrogen and oxygen atoms in total. The summed E-state index contributed by atoms with van der Waals surface area (Å²) in [7, 11) is 0. The van der Waals surface area contributed by atoms with Crippen LogP contribution >= 0.6 is 0 Å². The van der Waals surface area contributed by atoms with E-state index in [1.54, 1.807) is 0 Å². The summed E-state index contributed by atoms with van der Waals surface area (Å²) in [6, 6.07) is 0. The van der Waals surface area contributed by atoms with Crippen LogP contribution in [0.3, 0.4) is 0 Å². The van der Waals surface area contributed by atoms with Crippen molar-refractivity contribution < 1.29 is 56.7 Å². The standard InChI is InChI=1S/Mg.6NO3.Zr/c;6*2-1(3)4;/q+2;6*-1;+4. The predicted molar refractivity (Wildman–Crippen MR) is 67.9 cm³/mol. The summed E-state index contributed by atoms with van der Waals surface area (Å²) in [5.74, 6) is 0. The molecule has 0 spiro atoms. The molecule has 0 amide bonds. The SMILES string of the molecule is O=[N+]([O-])[O-].O=[N+]([O-])[O-].O=[N+]([O-])[O-].O=[N+]([O-])[O-].O=[N+]([O-])[O-].O=[N+]([O-])[O-].[Mg+2].[Zr+4].